The molecule has 106 valence electrons. The van der Waals surface area contributed by atoms with Crippen molar-refractivity contribution in [3.63, 3.8) is 0 Å². The van der Waals surface area contributed by atoms with Gasteiger partial charge in [0, 0.05) is 11.7 Å². The fourth-order valence-corrected chi connectivity index (χ4v) is 3.19. The molecule has 2 N–H and O–H groups in total. The van der Waals surface area contributed by atoms with Crippen LogP contribution >= 0.6 is 0 Å². The molecule has 1 fully saturated rings. The molecule has 2 rings (SSSR count). The van der Waals surface area contributed by atoms with Crippen molar-refractivity contribution in [1.82, 2.24) is 4.90 Å². The van der Waals surface area contributed by atoms with Crippen molar-refractivity contribution < 1.29 is 0 Å². The average molecular weight is 260 g/mol. The summed E-state index contributed by atoms with van der Waals surface area (Å²) in [5.74, 6) is 0.511. The number of hydrogen-bond acceptors (Lipinski definition) is 2. The van der Waals surface area contributed by atoms with E-state index >= 15 is 0 Å². The molecule has 1 atom stereocenters. The first kappa shape index (κ1) is 14.4. The third-order valence-corrected chi connectivity index (χ3v) is 4.52. The predicted octanol–water partition coefficient (Wildman–Crippen LogP) is 3.81. The van der Waals surface area contributed by atoms with E-state index in [2.05, 4.69) is 44.0 Å². The molecule has 1 aliphatic rings. The highest BCUT2D eigenvalue weighted by Gasteiger charge is 2.19. The summed E-state index contributed by atoms with van der Waals surface area (Å²) < 4.78 is 0. The van der Waals surface area contributed by atoms with Crippen LogP contribution in [0.25, 0.3) is 0 Å². The summed E-state index contributed by atoms with van der Waals surface area (Å²) in [4.78, 5) is 2.52. The Hall–Kier alpha value is -1.02. The van der Waals surface area contributed by atoms with E-state index in [4.69, 9.17) is 5.73 Å². The van der Waals surface area contributed by atoms with Gasteiger partial charge in [-0.25, -0.2) is 0 Å². The van der Waals surface area contributed by atoms with Gasteiger partial charge in [0.1, 0.15) is 0 Å². The Labute approximate surface area is 118 Å². The Bertz CT molecular complexity index is 412. The van der Waals surface area contributed by atoms with Crippen LogP contribution in [0.3, 0.4) is 0 Å². The molecular weight excluding hydrogens is 232 g/mol. The Balaban J connectivity index is 2.01. The van der Waals surface area contributed by atoms with Gasteiger partial charge in [-0.15, -0.1) is 0 Å². The Morgan fingerprint density at radius 1 is 1.32 bits per heavy atom. The van der Waals surface area contributed by atoms with E-state index in [0.29, 0.717) is 5.92 Å². The van der Waals surface area contributed by atoms with Gasteiger partial charge in [-0.2, -0.15) is 0 Å². The second-order valence-corrected chi connectivity index (χ2v) is 6.24. The molecule has 1 aromatic carbocycles. The molecule has 2 nitrogen and oxygen atoms in total. The van der Waals surface area contributed by atoms with Crippen LogP contribution in [0.2, 0.25) is 0 Å². The number of para-hydroxylation sites is 1. The lowest BCUT2D eigenvalue weighted by molar-refractivity contribution is 0.176. The van der Waals surface area contributed by atoms with E-state index in [1.165, 1.54) is 43.4 Å². The van der Waals surface area contributed by atoms with Crippen molar-refractivity contribution in [1.29, 1.82) is 0 Å². The van der Waals surface area contributed by atoms with Crippen LogP contribution in [-0.4, -0.2) is 24.5 Å². The van der Waals surface area contributed by atoms with Crippen molar-refractivity contribution in [3.8, 4) is 0 Å². The van der Waals surface area contributed by atoms with E-state index in [1.54, 1.807) is 0 Å². The summed E-state index contributed by atoms with van der Waals surface area (Å²) in [6.07, 6.45) is 6.44. The average Bonchev–Trinajstić information content (AvgIpc) is 2.39. The summed E-state index contributed by atoms with van der Waals surface area (Å²) in [6, 6.07) is 7.27. The minimum absolute atomic E-state index is 0.511. The van der Waals surface area contributed by atoms with Gasteiger partial charge in [0.25, 0.3) is 0 Å². The van der Waals surface area contributed by atoms with Crippen LogP contribution in [0.5, 0.6) is 0 Å². The van der Waals surface area contributed by atoms with E-state index in [-0.39, 0.29) is 0 Å². The normalized spacial score (nSPS) is 20.9. The lowest BCUT2D eigenvalue weighted by atomic mass is 9.93. The number of nitrogen functional groups attached to an aromatic ring is 1. The molecule has 1 aromatic rings. The zero-order valence-electron chi connectivity index (χ0n) is 12.7. The van der Waals surface area contributed by atoms with Gasteiger partial charge >= 0.3 is 0 Å². The molecule has 0 aromatic heterocycles. The minimum atomic E-state index is 0.511. The standard InChI is InChI=1S/C17H28N2/c1-13(2)16-9-6-7-14(17(16)18)10-11-15-8-4-5-12-19(15)3/h6-7,9,13,15H,4-5,8,10-12,18H2,1-3H3. The number of hydrogen-bond donors (Lipinski definition) is 1. The summed E-state index contributed by atoms with van der Waals surface area (Å²) in [5.41, 5.74) is 9.98. The maximum Gasteiger partial charge on any atom is 0.0381 e. The van der Waals surface area contributed by atoms with Gasteiger partial charge in [-0.05, 0) is 56.3 Å². The van der Waals surface area contributed by atoms with Crippen LogP contribution in [-0.2, 0) is 6.42 Å². The first-order chi connectivity index (χ1) is 9.09. The smallest absolute Gasteiger partial charge is 0.0381 e. The number of benzene rings is 1. The Kier molecular flexibility index (Phi) is 4.87. The summed E-state index contributed by atoms with van der Waals surface area (Å²) in [5, 5.41) is 0. The van der Waals surface area contributed by atoms with Crippen molar-refractivity contribution in [2.45, 2.75) is 57.9 Å². The molecule has 0 radical (unpaired) electrons. The van der Waals surface area contributed by atoms with Crippen molar-refractivity contribution in [3.05, 3.63) is 29.3 Å². The zero-order valence-corrected chi connectivity index (χ0v) is 12.7. The minimum Gasteiger partial charge on any atom is -0.398 e. The highest BCUT2D eigenvalue weighted by molar-refractivity contribution is 5.55. The van der Waals surface area contributed by atoms with Gasteiger partial charge in [0.05, 0.1) is 0 Å². The van der Waals surface area contributed by atoms with Gasteiger partial charge in [-0.3, -0.25) is 0 Å². The molecule has 0 spiro atoms. The molecule has 0 amide bonds. The van der Waals surface area contributed by atoms with Crippen molar-refractivity contribution in [2.24, 2.45) is 0 Å². The van der Waals surface area contributed by atoms with E-state index < -0.39 is 0 Å². The highest BCUT2D eigenvalue weighted by atomic mass is 15.1. The molecule has 2 heteroatoms. The van der Waals surface area contributed by atoms with Crippen LogP contribution in [0, 0.1) is 0 Å². The SMILES string of the molecule is CC(C)c1cccc(CCC2CCCCN2C)c1N. The number of likely N-dealkylation sites (tertiary alicyclic amines) is 1. The fraction of sp³-hybridized carbons (Fsp3) is 0.647. The number of rotatable bonds is 4. The van der Waals surface area contributed by atoms with Crippen molar-refractivity contribution >= 4 is 5.69 Å². The Morgan fingerprint density at radius 2 is 2.11 bits per heavy atom. The molecule has 1 saturated heterocycles. The second-order valence-electron chi connectivity index (χ2n) is 6.24. The third-order valence-electron chi connectivity index (χ3n) is 4.52. The Morgan fingerprint density at radius 3 is 2.79 bits per heavy atom. The molecule has 19 heavy (non-hydrogen) atoms. The van der Waals surface area contributed by atoms with Crippen LogP contribution in [0.4, 0.5) is 5.69 Å². The van der Waals surface area contributed by atoms with Crippen LogP contribution < -0.4 is 5.73 Å². The number of anilines is 1. The monoisotopic (exact) mass is 260 g/mol. The molecule has 1 aliphatic heterocycles. The van der Waals surface area contributed by atoms with Crippen LogP contribution in [0.1, 0.15) is 56.6 Å². The second kappa shape index (κ2) is 6.42. The highest BCUT2D eigenvalue weighted by Crippen LogP contribution is 2.27. The van der Waals surface area contributed by atoms with Crippen molar-refractivity contribution in [2.75, 3.05) is 19.3 Å². The number of piperidine rings is 1. The molecule has 1 heterocycles. The first-order valence-electron chi connectivity index (χ1n) is 7.67. The maximum absolute atomic E-state index is 6.32. The van der Waals surface area contributed by atoms with E-state index in [0.717, 1.165) is 18.2 Å². The molecular formula is C17H28N2. The van der Waals surface area contributed by atoms with E-state index in [1.807, 2.05) is 0 Å². The molecule has 0 saturated carbocycles. The largest absolute Gasteiger partial charge is 0.398 e. The molecule has 1 unspecified atom stereocenters. The predicted molar refractivity (Wildman–Crippen MR) is 83.5 cm³/mol. The zero-order chi connectivity index (χ0) is 13.8. The lowest BCUT2D eigenvalue weighted by Crippen LogP contribution is -2.36. The number of nitrogens with zero attached hydrogens (tertiary/aromatic N) is 1. The van der Waals surface area contributed by atoms with E-state index in [9.17, 15) is 0 Å². The maximum atomic E-state index is 6.32. The quantitative estimate of drug-likeness (QED) is 0.834. The summed E-state index contributed by atoms with van der Waals surface area (Å²) in [6.45, 7) is 5.68. The fourth-order valence-electron chi connectivity index (χ4n) is 3.19. The summed E-state index contributed by atoms with van der Waals surface area (Å²) >= 11 is 0. The number of aryl methyl sites for hydroxylation is 1. The number of nitrogens with two attached hydrogens (primary N) is 1. The third kappa shape index (κ3) is 3.50. The molecule has 0 bridgehead atoms. The molecule has 0 aliphatic carbocycles. The topological polar surface area (TPSA) is 29.3 Å². The van der Waals surface area contributed by atoms with Gasteiger partial charge in [-0.1, -0.05) is 38.5 Å². The van der Waals surface area contributed by atoms with Gasteiger partial charge in [0.15, 0.2) is 0 Å². The first-order valence-corrected chi connectivity index (χ1v) is 7.67. The van der Waals surface area contributed by atoms with Gasteiger partial charge < -0.3 is 10.6 Å². The van der Waals surface area contributed by atoms with Crippen LogP contribution in [0.15, 0.2) is 18.2 Å². The van der Waals surface area contributed by atoms with Gasteiger partial charge in [0.2, 0.25) is 0 Å². The summed E-state index contributed by atoms with van der Waals surface area (Å²) in [7, 11) is 2.26. The lowest BCUT2D eigenvalue weighted by Gasteiger charge is -2.32.